The zero-order valence-electron chi connectivity index (χ0n) is 13.6. The predicted molar refractivity (Wildman–Crippen MR) is 79.6 cm³/mol. The Kier molecular flexibility index (Phi) is 7.25. The fraction of sp³-hybridized carbons (Fsp3) is 0.875. The Balaban J connectivity index is 5.29. The van der Waals surface area contributed by atoms with Crippen LogP contribution in [0.25, 0.3) is 0 Å². The van der Waals surface area contributed by atoms with Crippen LogP contribution in [0, 0.1) is 29.1 Å². The van der Waals surface area contributed by atoms with E-state index < -0.39 is 23.8 Å². The molecule has 4 atom stereocenters. The molecule has 0 saturated carbocycles. The van der Waals surface area contributed by atoms with E-state index in [1.807, 2.05) is 41.5 Å². The van der Waals surface area contributed by atoms with Gasteiger partial charge in [0.15, 0.2) is 0 Å². The molecule has 0 fully saturated rings. The first-order valence-electron chi connectivity index (χ1n) is 7.46. The Labute approximate surface area is 122 Å². The van der Waals surface area contributed by atoms with Gasteiger partial charge in [0.25, 0.3) is 0 Å². The number of hydrogen-bond donors (Lipinski definition) is 2. The summed E-state index contributed by atoms with van der Waals surface area (Å²) in [7, 11) is 0. The highest BCUT2D eigenvalue weighted by atomic mass is 16.4. The van der Waals surface area contributed by atoms with Gasteiger partial charge in [0.1, 0.15) is 0 Å². The molecule has 4 unspecified atom stereocenters. The molecular formula is C16H30O4. The van der Waals surface area contributed by atoms with Gasteiger partial charge in [-0.25, -0.2) is 0 Å². The molecule has 0 saturated heterocycles. The molecule has 0 aliphatic carbocycles. The molecule has 4 heteroatoms. The first-order valence-corrected chi connectivity index (χ1v) is 7.46. The molecule has 4 nitrogen and oxygen atoms in total. The minimum absolute atomic E-state index is 0.00976. The lowest BCUT2D eigenvalue weighted by atomic mass is 9.70. The highest BCUT2D eigenvalue weighted by Crippen LogP contribution is 2.36. The summed E-state index contributed by atoms with van der Waals surface area (Å²) >= 11 is 0. The van der Waals surface area contributed by atoms with Crippen LogP contribution in [0.4, 0.5) is 0 Å². The maximum absolute atomic E-state index is 11.6. The molecule has 0 aromatic rings. The molecule has 0 aliphatic heterocycles. The maximum Gasteiger partial charge on any atom is 0.307 e. The fourth-order valence-corrected chi connectivity index (χ4v) is 3.23. The number of rotatable bonds is 8. The first kappa shape index (κ1) is 18.9. The van der Waals surface area contributed by atoms with Crippen LogP contribution in [0.3, 0.4) is 0 Å². The van der Waals surface area contributed by atoms with E-state index in [1.54, 1.807) is 0 Å². The molecule has 0 spiro atoms. The highest BCUT2D eigenvalue weighted by molar-refractivity contribution is 5.80. The van der Waals surface area contributed by atoms with Gasteiger partial charge < -0.3 is 10.2 Å². The minimum Gasteiger partial charge on any atom is -0.481 e. The number of hydrogen-bond acceptors (Lipinski definition) is 2. The van der Waals surface area contributed by atoms with Crippen molar-refractivity contribution in [3.05, 3.63) is 0 Å². The monoisotopic (exact) mass is 286 g/mol. The van der Waals surface area contributed by atoms with Crippen molar-refractivity contribution >= 4 is 11.9 Å². The molecule has 0 radical (unpaired) electrons. The average Bonchev–Trinajstić information content (AvgIpc) is 2.21. The molecule has 20 heavy (non-hydrogen) atoms. The third-order valence-electron chi connectivity index (χ3n) is 3.86. The van der Waals surface area contributed by atoms with Crippen molar-refractivity contribution in [2.45, 2.75) is 60.8 Å². The van der Waals surface area contributed by atoms with Gasteiger partial charge in [0.05, 0.1) is 11.8 Å². The van der Waals surface area contributed by atoms with Gasteiger partial charge in [-0.15, -0.1) is 0 Å². The summed E-state index contributed by atoms with van der Waals surface area (Å²) in [5, 5.41) is 19.0. The fourth-order valence-electron chi connectivity index (χ4n) is 3.23. The number of carbonyl (C=O) groups is 2. The van der Waals surface area contributed by atoms with Crippen molar-refractivity contribution in [1.82, 2.24) is 0 Å². The lowest BCUT2D eigenvalue weighted by Crippen LogP contribution is -2.39. The minimum atomic E-state index is -0.989. The molecule has 118 valence electrons. The van der Waals surface area contributed by atoms with Crippen LogP contribution in [0.1, 0.15) is 60.8 Å². The van der Waals surface area contributed by atoms with E-state index in [4.69, 9.17) is 0 Å². The third-order valence-corrected chi connectivity index (χ3v) is 3.86. The van der Waals surface area contributed by atoms with Crippen molar-refractivity contribution < 1.29 is 19.8 Å². The van der Waals surface area contributed by atoms with Gasteiger partial charge in [0, 0.05) is 0 Å². The average molecular weight is 286 g/mol. The van der Waals surface area contributed by atoms with Gasteiger partial charge in [-0.2, -0.15) is 0 Å². The van der Waals surface area contributed by atoms with Crippen molar-refractivity contribution in [3.63, 3.8) is 0 Å². The Hall–Kier alpha value is -1.06. The maximum atomic E-state index is 11.6. The van der Waals surface area contributed by atoms with Crippen molar-refractivity contribution in [3.8, 4) is 0 Å². The standard InChI is InChI=1S/C16H30O4/c1-7-8-10(2)12(14(17)18)13(15(19)20)11(3)9-16(4,5)6/h10-13H,7-9H2,1-6H3,(H,17,18)(H,19,20). The molecule has 0 aliphatic rings. The van der Waals surface area contributed by atoms with Crippen molar-refractivity contribution in [1.29, 1.82) is 0 Å². The largest absolute Gasteiger partial charge is 0.481 e. The zero-order chi connectivity index (χ0) is 16.1. The van der Waals surface area contributed by atoms with E-state index >= 15 is 0 Å². The molecule has 0 aromatic heterocycles. The SMILES string of the molecule is CCCC(C)C(C(=O)O)C(C(=O)O)C(C)CC(C)(C)C. The van der Waals surface area contributed by atoms with Crippen molar-refractivity contribution in [2.75, 3.05) is 0 Å². The van der Waals surface area contributed by atoms with Crippen LogP contribution in [-0.4, -0.2) is 22.2 Å². The molecule has 0 rings (SSSR count). The Bertz CT molecular complexity index is 330. The van der Waals surface area contributed by atoms with Gasteiger partial charge in [-0.05, 0) is 23.7 Å². The second-order valence-electron chi connectivity index (χ2n) is 7.24. The summed E-state index contributed by atoms with van der Waals surface area (Å²) in [6.45, 7) is 11.8. The molecule has 2 N–H and O–H groups in total. The lowest BCUT2D eigenvalue weighted by Gasteiger charge is -2.33. The van der Waals surface area contributed by atoms with Gasteiger partial charge in [0.2, 0.25) is 0 Å². The highest BCUT2D eigenvalue weighted by Gasteiger charge is 2.41. The van der Waals surface area contributed by atoms with Gasteiger partial charge >= 0.3 is 11.9 Å². The van der Waals surface area contributed by atoms with Crippen LogP contribution >= 0.6 is 0 Å². The van der Waals surface area contributed by atoms with Crippen LogP contribution in [0.5, 0.6) is 0 Å². The Morgan fingerprint density at radius 2 is 1.35 bits per heavy atom. The van der Waals surface area contributed by atoms with Gasteiger partial charge in [-0.1, -0.05) is 54.4 Å². The van der Waals surface area contributed by atoms with E-state index in [-0.39, 0.29) is 17.3 Å². The van der Waals surface area contributed by atoms with E-state index in [9.17, 15) is 19.8 Å². The van der Waals surface area contributed by atoms with E-state index in [0.717, 1.165) is 12.8 Å². The normalized spacial score (nSPS) is 18.1. The topological polar surface area (TPSA) is 74.6 Å². The first-order chi connectivity index (χ1) is 9.01. The van der Waals surface area contributed by atoms with E-state index in [0.29, 0.717) is 6.42 Å². The Morgan fingerprint density at radius 1 is 0.950 bits per heavy atom. The predicted octanol–water partition coefficient (Wildman–Crippen LogP) is 3.90. The lowest BCUT2D eigenvalue weighted by molar-refractivity contribution is -0.158. The van der Waals surface area contributed by atoms with Crippen LogP contribution in [-0.2, 0) is 9.59 Å². The summed E-state index contributed by atoms with van der Waals surface area (Å²) in [6, 6.07) is 0. The molecule has 0 amide bonds. The summed E-state index contributed by atoms with van der Waals surface area (Å²) in [4.78, 5) is 23.2. The number of carboxylic acid groups (broad SMARTS) is 2. The molecule has 0 heterocycles. The number of carboxylic acids is 2. The van der Waals surface area contributed by atoms with Crippen LogP contribution < -0.4 is 0 Å². The van der Waals surface area contributed by atoms with Gasteiger partial charge in [-0.3, -0.25) is 9.59 Å². The van der Waals surface area contributed by atoms with Crippen molar-refractivity contribution in [2.24, 2.45) is 29.1 Å². The van der Waals surface area contributed by atoms with E-state index in [1.165, 1.54) is 0 Å². The second kappa shape index (κ2) is 7.65. The van der Waals surface area contributed by atoms with Crippen LogP contribution in [0.2, 0.25) is 0 Å². The second-order valence-corrected chi connectivity index (χ2v) is 7.24. The molecular weight excluding hydrogens is 256 g/mol. The summed E-state index contributed by atoms with van der Waals surface area (Å²) in [5.41, 5.74) is -0.00976. The Morgan fingerprint density at radius 3 is 1.65 bits per heavy atom. The summed E-state index contributed by atoms with van der Waals surface area (Å²) in [6.07, 6.45) is 2.31. The summed E-state index contributed by atoms with van der Waals surface area (Å²) in [5.74, 6) is -3.90. The smallest absolute Gasteiger partial charge is 0.307 e. The molecule has 0 bridgehead atoms. The third kappa shape index (κ3) is 5.93. The zero-order valence-corrected chi connectivity index (χ0v) is 13.6. The molecule has 0 aromatic carbocycles. The van der Waals surface area contributed by atoms with E-state index in [2.05, 4.69) is 0 Å². The number of aliphatic carboxylic acids is 2. The summed E-state index contributed by atoms with van der Waals surface area (Å²) < 4.78 is 0. The van der Waals surface area contributed by atoms with Crippen LogP contribution in [0.15, 0.2) is 0 Å². The quantitative estimate of drug-likeness (QED) is 0.709.